The van der Waals surface area contributed by atoms with Crippen LogP contribution in [0.25, 0.3) is 0 Å². The first-order valence-electron chi connectivity index (χ1n) is 8.53. The molecule has 0 radical (unpaired) electrons. The highest BCUT2D eigenvalue weighted by Crippen LogP contribution is 2.12. The van der Waals surface area contributed by atoms with E-state index >= 15 is 0 Å². The van der Waals surface area contributed by atoms with Crippen molar-refractivity contribution in [2.45, 2.75) is 38.1 Å². The summed E-state index contributed by atoms with van der Waals surface area (Å²) < 4.78 is 27.0. The number of carbonyl (C=O) groups excluding carboxylic acids is 2. The Morgan fingerprint density at radius 3 is 2.15 bits per heavy atom. The van der Waals surface area contributed by atoms with E-state index in [-0.39, 0.29) is 16.5 Å². The summed E-state index contributed by atoms with van der Waals surface area (Å²) in [4.78, 5) is 24.3. The first-order valence-corrected chi connectivity index (χ1v) is 10.0. The minimum atomic E-state index is -3.63. The van der Waals surface area contributed by atoms with Crippen LogP contribution >= 0.6 is 0 Å². The van der Waals surface area contributed by atoms with Gasteiger partial charge in [0.05, 0.1) is 4.90 Å². The lowest BCUT2D eigenvalue weighted by Gasteiger charge is -2.12. The summed E-state index contributed by atoms with van der Waals surface area (Å²) in [5.74, 6) is -0.978. The number of hydrogen-bond donors (Lipinski definition) is 3. The molecule has 2 rings (SSSR count). The molecule has 0 aromatic heterocycles. The third-order valence-corrected chi connectivity index (χ3v) is 5.68. The zero-order chi connectivity index (χ0) is 20.0. The molecule has 0 fully saturated rings. The molecule has 144 valence electrons. The summed E-state index contributed by atoms with van der Waals surface area (Å²) in [7, 11) is -3.63. The lowest BCUT2D eigenvalue weighted by atomic mass is 10.1. The fraction of sp³-hybridized carbons (Fsp3) is 0.263. The Balaban J connectivity index is 2.01. The minimum Gasteiger partial charge on any atom is -0.267 e. The van der Waals surface area contributed by atoms with Gasteiger partial charge in [0.1, 0.15) is 0 Å². The first kappa shape index (κ1) is 20.6. The van der Waals surface area contributed by atoms with Gasteiger partial charge in [-0.25, -0.2) is 13.1 Å². The zero-order valence-electron chi connectivity index (χ0n) is 15.4. The minimum absolute atomic E-state index is 0.0725. The van der Waals surface area contributed by atoms with Crippen LogP contribution in [-0.2, 0) is 10.0 Å². The molecule has 7 nitrogen and oxygen atoms in total. The Labute approximate surface area is 159 Å². The molecule has 0 aliphatic rings. The Hall–Kier alpha value is -2.71. The first-order chi connectivity index (χ1) is 12.7. The van der Waals surface area contributed by atoms with Gasteiger partial charge in [-0.15, -0.1) is 0 Å². The molecule has 0 bridgehead atoms. The Kier molecular flexibility index (Phi) is 6.70. The summed E-state index contributed by atoms with van der Waals surface area (Å²) in [6.45, 7) is 5.45. The van der Waals surface area contributed by atoms with E-state index in [1.54, 1.807) is 32.0 Å². The molecular weight excluding hydrogens is 366 g/mol. The van der Waals surface area contributed by atoms with E-state index in [0.29, 0.717) is 12.0 Å². The van der Waals surface area contributed by atoms with Crippen molar-refractivity contribution in [3.63, 3.8) is 0 Å². The molecule has 2 aromatic rings. The zero-order valence-corrected chi connectivity index (χ0v) is 16.3. The normalized spacial score (nSPS) is 12.3. The van der Waals surface area contributed by atoms with Crippen LogP contribution in [0.2, 0.25) is 0 Å². The maximum Gasteiger partial charge on any atom is 0.269 e. The molecule has 0 aliphatic carbocycles. The second-order valence-electron chi connectivity index (χ2n) is 6.18. The van der Waals surface area contributed by atoms with Crippen LogP contribution in [0.4, 0.5) is 0 Å². The number of nitrogens with one attached hydrogen (secondary N) is 3. The van der Waals surface area contributed by atoms with Gasteiger partial charge in [0, 0.05) is 17.2 Å². The van der Waals surface area contributed by atoms with Crippen molar-refractivity contribution in [1.29, 1.82) is 0 Å². The maximum absolute atomic E-state index is 12.2. The summed E-state index contributed by atoms with van der Waals surface area (Å²) >= 11 is 0. The van der Waals surface area contributed by atoms with Gasteiger partial charge >= 0.3 is 0 Å². The Morgan fingerprint density at radius 1 is 0.963 bits per heavy atom. The number of carbonyl (C=O) groups is 2. The topological polar surface area (TPSA) is 104 Å². The van der Waals surface area contributed by atoms with E-state index in [9.17, 15) is 18.0 Å². The van der Waals surface area contributed by atoms with Crippen LogP contribution in [0.5, 0.6) is 0 Å². The van der Waals surface area contributed by atoms with Crippen molar-refractivity contribution in [2.24, 2.45) is 0 Å². The van der Waals surface area contributed by atoms with Gasteiger partial charge in [-0.2, -0.15) is 0 Å². The fourth-order valence-electron chi connectivity index (χ4n) is 2.28. The molecule has 0 unspecified atom stereocenters. The molecule has 2 amide bonds. The third kappa shape index (κ3) is 5.38. The highest BCUT2D eigenvalue weighted by molar-refractivity contribution is 7.89. The largest absolute Gasteiger partial charge is 0.269 e. The van der Waals surface area contributed by atoms with Crippen molar-refractivity contribution in [1.82, 2.24) is 15.6 Å². The smallest absolute Gasteiger partial charge is 0.267 e. The fourth-order valence-corrected chi connectivity index (χ4v) is 3.61. The van der Waals surface area contributed by atoms with Crippen LogP contribution in [0.15, 0.2) is 53.4 Å². The predicted octanol–water partition coefficient (Wildman–Crippen LogP) is 2.15. The molecule has 2 aromatic carbocycles. The van der Waals surface area contributed by atoms with Crippen LogP contribution in [0.1, 0.15) is 46.5 Å². The Bertz CT molecular complexity index is 924. The quantitative estimate of drug-likeness (QED) is 0.659. The monoisotopic (exact) mass is 389 g/mol. The van der Waals surface area contributed by atoms with Crippen molar-refractivity contribution in [2.75, 3.05) is 0 Å². The molecule has 0 heterocycles. The van der Waals surface area contributed by atoms with Gasteiger partial charge in [0.15, 0.2) is 0 Å². The molecule has 0 aliphatic heterocycles. The van der Waals surface area contributed by atoms with Crippen LogP contribution in [0, 0.1) is 6.92 Å². The number of benzene rings is 2. The van der Waals surface area contributed by atoms with Crippen molar-refractivity contribution < 1.29 is 18.0 Å². The average Bonchev–Trinajstić information content (AvgIpc) is 2.65. The molecule has 0 spiro atoms. The van der Waals surface area contributed by atoms with E-state index < -0.39 is 21.8 Å². The molecule has 0 saturated heterocycles. The van der Waals surface area contributed by atoms with E-state index in [1.807, 2.05) is 13.0 Å². The van der Waals surface area contributed by atoms with Gasteiger partial charge in [0.2, 0.25) is 10.0 Å². The third-order valence-electron chi connectivity index (χ3n) is 4.07. The predicted molar refractivity (Wildman–Crippen MR) is 103 cm³/mol. The number of hydrogen-bond acceptors (Lipinski definition) is 4. The lowest BCUT2D eigenvalue weighted by molar-refractivity contribution is 0.0846. The van der Waals surface area contributed by atoms with Crippen LogP contribution in [0.3, 0.4) is 0 Å². The molecule has 1 atom stereocenters. The van der Waals surface area contributed by atoms with Gasteiger partial charge < -0.3 is 0 Å². The molecular formula is C19H23N3O4S. The van der Waals surface area contributed by atoms with E-state index in [4.69, 9.17) is 0 Å². The van der Waals surface area contributed by atoms with E-state index in [2.05, 4.69) is 15.6 Å². The number of sulfonamides is 1. The summed E-state index contributed by atoms with van der Waals surface area (Å²) in [5.41, 5.74) is 6.13. The number of aryl methyl sites for hydroxylation is 1. The number of rotatable bonds is 6. The second-order valence-corrected chi connectivity index (χ2v) is 7.89. The standard InChI is InChI=1S/C19H23N3O4S/c1-4-14(3)22-27(25,26)16-11-9-15(10-12-16)18(23)20-21-19(24)17-8-6-5-7-13(17)2/h5-12,14,22H,4H2,1-3H3,(H,20,23)(H,21,24)/t14-/m1/s1. The second kappa shape index (κ2) is 8.79. The van der Waals surface area contributed by atoms with Crippen molar-refractivity contribution in [3.8, 4) is 0 Å². The molecule has 3 N–H and O–H groups in total. The van der Waals surface area contributed by atoms with E-state index in [0.717, 1.165) is 5.56 Å². The lowest BCUT2D eigenvalue weighted by Crippen LogP contribution is -2.41. The Morgan fingerprint density at radius 2 is 1.56 bits per heavy atom. The van der Waals surface area contributed by atoms with Gasteiger partial charge in [-0.05, 0) is 56.2 Å². The number of hydrazine groups is 1. The van der Waals surface area contributed by atoms with Crippen molar-refractivity contribution in [3.05, 3.63) is 65.2 Å². The summed E-state index contributed by atoms with van der Waals surface area (Å²) in [6.07, 6.45) is 0.667. The van der Waals surface area contributed by atoms with Gasteiger partial charge in [0.25, 0.3) is 11.8 Å². The van der Waals surface area contributed by atoms with Crippen LogP contribution in [-0.4, -0.2) is 26.3 Å². The van der Waals surface area contributed by atoms with Gasteiger partial charge in [-0.1, -0.05) is 25.1 Å². The van der Waals surface area contributed by atoms with E-state index in [1.165, 1.54) is 24.3 Å². The maximum atomic E-state index is 12.2. The molecule has 0 saturated carbocycles. The molecule has 27 heavy (non-hydrogen) atoms. The average molecular weight is 389 g/mol. The molecule has 8 heteroatoms. The van der Waals surface area contributed by atoms with Crippen molar-refractivity contribution >= 4 is 21.8 Å². The SMILES string of the molecule is CC[C@@H](C)NS(=O)(=O)c1ccc(C(=O)NNC(=O)c2ccccc2C)cc1. The van der Waals surface area contributed by atoms with Crippen LogP contribution < -0.4 is 15.6 Å². The van der Waals surface area contributed by atoms with Gasteiger partial charge in [-0.3, -0.25) is 20.4 Å². The highest BCUT2D eigenvalue weighted by atomic mass is 32.2. The summed E-state index contributed by atoms with van der Waals surface area (Å²) in [6, 6.07) is 12.3. The highest BCUT2D eigenvalue weighted by Gasteiger charge is 2.17. The summed E-state index contributed by atoms with van der Waals surface area (Å²) in [5, 5.41) is 0. The number of amides is 2.